The normalized spacial score (nSPS) is 24.9. The molecule has 5 nitrogen and oxygen atoms in total. The number of ether oxygens (including phenoxy) is 1. The molecular weight excluding hydrogens is 290 g/mol. The predicted octanol–water partition coefficient (Wildman–Crippen LogP) is 1.48. The molecule has 0 unspecified atom stereocenters. The van der Waals surface area contributed by atoms with E-state index in [4.69, 9.17) is 16.3 Å². The molecule has 7 heteroatoms. The number of nitrogens with one attached hydrogen (secondary N) is 1. The molecule has 1 N–H and O–H groups in total. The summed E-state index contributed by atoms with van der Waals surface area (Å²) >= 11 is 5.78. The van der Waals surface area contributed by atoms with Crippen molar-refractivity contribution < 1.29 is 17.9 Å². The summed E-state index contributed by atoms with van der Waals surface area (Å²) in [6, 6.07) is 6.47. The van der Waals surface area contributed by atoms with Crippen molar-refractivity contribution in [2.75, 3.05) is 16.8 Å². The standard InChI is InChI=1S/C12H14ClNO4S/c1-8(15)18-12-7-19(16,17)6-11(12)14-10-4-2-9(13)3-5-10/h2-5,11-12,14H,6-7H2,1H3/t11-,12+/m0/s1. The van der Waals surface area contributed by atoms with E-state index in [0.29, 0.717) is 5.02 Å². The lowest BCUT2D eigenvalue weighted by atomic mass is 10.2. The van der Waals surface area contributed by atoms with Gasteiger partial charge in [0.05, 0.1) is 17.5 Å². The number of rotatable bonds is 3. The minimum atomic E-state index is -3.18. The van der Waals surface area contributed by atoms with Crippen LogP contribution in [0.3, 0.4) is 0 Å². The van der Waals surface area contributed by atoms with E-state index in [1.807, 2.05) is 0 Å². The molecule has 1 aliphatic rings. The number of carbonyl (C=O) groups is 1. The summed E-state index contributed by atoms with van der Waals surface area (Å²) in [6.07, 6.45) is -0.654. The van der Waals surface area contributed by atoms with Gasteiger partial charge >= 0.3 is 5.97 Å². The molecule has 1 saturated heterocycles. The maximum absolute atomic E-state index is 11.6. The second-order valence-corrected chi connectivity index (χ2v) is 7.07. The second-order valence-electron chi connectivity index (χ2n) is 4.48. The van der Waals surface area contributed by atoms with Crippen molar-refractivity contribution in [3.8, 4) is 0 Å². The largest absolute Gasteiger partial charge is 0.459 e. The maximum atomic E-state index is 11.6. The molecule has 1 aromatic rings. The number of hydrogen-bond acceptors (Lipinski definition) is 5. The minimum Gasteiger partial charge on any atom is -0.459 e. The first kappa shape index (κ1) is 14.1. The highest BCUT2D eigenvalue weighted by atomic mass is 35.5. The van der Waals surface area contributed by atoms with Gasteiger partial charge in [-0.05, 0) is 24.3 Å². The van der Waals surface area contributed by atoms with E-state index in [2.05, 4.69) is 5.32 Å². The van der Waals surface area contributed by atoms with Crippen LogP contribution in [0.15, 0.2) is 24.3 Å². The van der Waals surface area contributed by atoms with Crippen LogP contribution in [0.25, 0.3) is 0 Å². The highest BCUT2D eigenvalue weighted by molar-refractivity contribution is 7.91. The smallest absolute Gasteiger partial charge is 0.303 e. The Bertz CT molecular complexity index is 570. The molecular formula is C12H14ClNO4S. The topological polar surface area (TPSA) is 72.5 Å². The summed E-state index contributed by atoms with van der Waals surface area (Å²) in [4.78, 5) is 11.0. The zero-order valence-corrected chi connectivity index (χ0v) is 11.9. The molecule has 0 radical (unpaired) electrons. The number of carbonyl (C=O) groups excluding carboxylic acids is 1. The van der Waals surface area contributed by atoms with Gasteiger partial charge in [0.25, 0.3) is 0 Å². The van der Waals surface area contributed by atoms with Crippen molar-refractivity contribution in [1.82, 2.24) is 0 Å². The van der Waals surface area contributed by atoms with Gasteiger partial charge in [0, 0.05) is 17.6 Å². The Morgan fingerprint density at radius 1 is 1.32 bits per heavy atom. The lowest BCUT2D eigenvalue weighted by Crippen LogP contribution is -2.35. The summed E-state index contributed by atoms with van der Waals surface area (Å²) in [5.74, 6) is -0.671. The van der Waals surface area contributed by atoms with Crippen LogP contribution in [0.4, 0.5) is 5.69 Å². The van der Waals surface area contributed by atoms with Gasteiger partial charge in [0.15, 0.2) is 9.84 Å². The van der Waals surface area contributed by atoms with E-state index >= 15 is 0 Å². The Kier molecular flexibility index (Phi) is 4.01. The molecule has 1 aromatic carbocycles. The van der Waals surface area contributed by atoms with Crippen LogP contribution in [0.2, 0.25) is 5.02 Å². The fraction of sp³-hybridized carbons (Fsp3) is 0.417. The summed E-state index contributed by atoms with van der Waals surface area (Å²) < 4.78 is 28.3. The molecule has 19 heavy (non-hydrogen) atoms. The van der Waals surface area contributed by atoms with Crippen molar-refractivity contribution in [3.05, 3.63) is 29.3 Å². The highest BCUT2D eigenvalue weighted by Gasteiger charge is 2.39. The van der Waals surface area contributed by atoms with Crippen molar-refractivity contribution in [2.24, 2.45) is 0 Å². The van der Waals surface area contributed by atoms with Crippen LogP contribution in [-0.2, 0) is 19.4 Å². The first-order valence-electron chi connectivity index (χ1n) is 5.75. The van der Waals surface area contributed by atoms with Gasteiger partial charge < -0.3 is 10.1 Å². The summed E-state index contributed by atoms with van der Waals surface area (Å²) in [5.41, 5.74) is 0.739. The molecule has 2 atom stereocenters. The Hall–Kier alpha value is -1.27. The fourth-order valence-electron chi connectivity index (χ4n) is 2.04. The quantitative estimate of drug-likeness (QED) is 0.856. The lowest BCUT2D eigenvalue weighted by Gasteiger charge is -2.20. The van der Waals surface area contributed by atoms with Gasteiger partial charge in [-0.25, -0.2) is 8.42 Å². The van der Waals surface area contributed by atoms with Gasteiger partial charge in [-0.3, -0.25) is 4.79 Å². The number of anilines is 1. The first-order chi connectivity index (χ1) is 8.85. The van der Waals surface area contributed by atoms with Crippen molar-refractivity contribution in [1.29, 1.82) is 0 Å². The molecule has 0 aliphatic carbocycles. The Balaban J connectivity index is 2.12. The molecule has 0 bridgehead atoms. The summed E-state index contributed by atoms with van der Waals surface area (Å²) in [6.45, 7) is 1.27. The van der Waals surface area contributed by atoms with Crippen molar-refractivity contribution in [3.63, 3.8) is 0 Å². The van der Waals surface area contributed by atoms with Crippen LogP contribution in [0.5, 0.6) is 0 Å². The predicted molar refractivity (Wildman–Crippen MR) is 73.1 cm³/mol. The van der Waals surface area contributed by atoms with Gasteiger partial charge in [0.2, 0.25) is 0 Å². The van der Waals surface area contributed by atoms with Gasteiger partial charge in [-0.15, -0.1) is 0 Å². The first-order valence-corrected chi connectivity index (χ1v) is 7.95. The molecule has 1 fully saturated rings. The molecule has 0 aromatic heterocycles. The van der Waals surface area contributed by atoms with Gasteiger partial charge in [-0.2, -0.15) is 0 Å². The molecule has 1 aliphatic heterocycles. The Morgan fingerprint density at radius 2 is 1.95 bits per heavy atom. The molecule has 1 heterocycles. The third-order valence-corrected chi connectivity index (χ3v) is 4.77. The zero-order valence-electron chi connectivity index (χ0n) is 10.3. The average Bonchev–Trinajstić information content (AvgIpc) is 2.55. The van der Waals surface area contributed by atoms with E-state index in [9.17, 15) is 13.2 Å². The fourth-order valence-corrected chi connectivity index (χ4v) is 3.95. The SMILES string of the molecule is CC(=O)O[C@@H]1CS(=O)(=O)C[C@@H]1Nc1ccc(Cl)cc1. The molecule has 0 spiro atoms. The van der Waals surface area contributed by atoms with Crippen LogP contribution in [0.1, 0.15) is 6.92 Å². The maximum Gasteiger partial charge on any atom is 0.303 e. The monoisotopic (exact) mass is 303 g/mol. The molecule has 0 amide bonds. The van der Waals surface area contributed by atoms with Crippen LogP contribution < -0.4 is 5.32 Å². The lowest BCUT2D eigenvalue weighted by molar-refractivity contribution is -0.145. The third kappa shape index (κ3) is 3.84. The average molecular weight is 304 g/mol. The summed E-state index contributed by atoms with van der Waals surface area (Å²) in [7, 11) is -3.18. The van der Waals surface area contributed by atoms with Crippen LogP contribution in [0, 0.1) is 0 Å². The van der Waals surface area contributed by atoms with Crippen LogP contribution in [-0.4, -0.2) is 38.0 Å². The van der Waals surface area contributed by atoms with E-state index in [0.717, 1.165) is 5.69 Å². The number of hydrogen-bond donors (Lipinski definition) is 1. The van der Waals surface area contributed by atoms with Crippen LogP contribution >= 0.6 is 11.6 Å². The van der Waals surface area contributed by atoms with Crippen molar-refractivity contribution in [2.45, 2.75) is 19.1 Å². The number of benzene rings is 1. The third-order valence-electron chi connectivity index (χ3n) is 2.81. The molecule has 2 rings (SSSR count). The molecule has 0 saturated carbocycles. The number of sulfone groups is 1. The van der Waals surface area contributed by atoms with Gasteiger partial charge in [0.1, 0.15) is 6.10 Å². The Labute approximate surface area is 116 Å². The summed E-state index contributed by atoms with van der Waals surface area (Å²) in [5, 5.41) is 3.66. The molecule has 104 valence electrons. The zero-order chi connectivity index (χ0) is 14.0. The van der Waals surface area contributed by atoms with E-state index in [-0.39, 0.29) is 11.5 Å². The number of esters is 1. The highest BCUT2D eigenvalue weighted by Crippen LogP contribution is 2.21. The number of halogens is 1. The van der Waals surface area contributed by atoms with E-state index < -0.39 is 28.0 Å². The van der Waals surface area contributed by atoms with E-state index in [1.54, 1.807) is 24.3 Å². The van der Waals surface area contributed by atoms with Crippen molar-refractivity contribution >= 4 is 33.1 Å². The van der Waals surface area contributed by atoms with E-state index in [1.165, 1.54) is 6.92 Å². The minimum absolute atomic E-state index is 0.0480. The Morgan fingerprint density at radius 3 is 2.53 bits per heavy atom. The second kappa shape index (κ2) is 5.38. The van der Waals surface area contributed by atoms with Gasteiger partial charge in [-0.1, -0.05) is 11.6 Å².